The minimum absolute atomic E-state index is 0.558. The topological polar surface area (TPSA) is 12.4 Å². The summed E-state index contributed by atoms with van der Waals surface area (Å²) in [6, 6.07) is 0. The summed E-state index contributed by atoms with van der Waals surface area (Å²) in [7, 11) is 0. The van der Waals surface area contributed by atoms with E-state index < -0.39 is 0 Å². The lowest BCUT2D eigenvalue weighted by molar-refractivity contribution is 0.758. The summed E-state index contributed by atoms with van der Waals surface area (Å²) in [6.45, 7) is 6.49. The van der Waals surface area contributed by atoms with Crippen molar-refractivity contribution in [2.75, 3.05) is 0 Å². The fraction of sp³-hybridized carbons (Fsp3) is 0.625. The number of nitrogens with zero attached hydrogens (tertiary/aromatic N) is 1. The highest BCUT2D eigenvalue weighted by Gasteiger charge is 2.07. The molecule has 1 aliphatic heterocycles. The first-order valence-electron chi connectivity index (χ1n) is 3.46. The van der Waals surface area contributed by atoms with Crippen LogP contribution >= 0.6 is 0 Å². The van der Waals surface area contributed by atoms with Crippen LogP contribution in [0.3, 0.4) is 0 Å². The minimum atomic E-state index is 0.558. The molecular weight excluding hydrogens is 110 g/mol. The second-order valence-corrected chi connectivity index (χ2v) is 2.88. The lowest BCUT2D eigenvalue weighted by atomic mass is 10.1. The molecule has 0 radical (unpaired) electrons. The molecule has 1 unspecified atom stereocenters. The van der Waals surface area contributed by atoms with Crippen LogP contribution in [-0.2, 0) is 0 Å². The van der Waals surface area contributed by atoms with Crippen LogP contribution in [-0.4, -0.2) is 6.21 Å². The largest absolute Gasteiger partial charge is 0.265 e. The van der Waals surface area contributed by atoms with E-state index >= 15 is 0 Å². The highest BCUT2D eigenvalue weighted by Crippen LogP contribution is 2.18. The molecule has 0 bridgehead atoms. The van der Waals surface area contributed by atoms with Crippen molar-refractivity contribution in [1.82, 2.24) is 0 Å². The van der Waals surface area contributed by atoms with Crippen LogP contribution in [0.25, 0.3) is 0 Å². The quantitative estimate of drug-likeness (QED) is 0.507. The van der Waals surface area contributed by atoms with Gasteiger partial charge in [-0.25, -0.2) is 0 Å². The van der Waals surface area contributed by atoms with Crippen molar-refractivity contribution in [3.63, 3.8) is 0 Å². The Morgan fingerprint density at radius 3 is 2.44 bits per heavy atom. The smallest absolute Gasteiger partial charge is 0.0391 e. The zero-order chi connectivity index (χ0) is 6.85. The van der Waals surface area contributed by atoms with Crippen molar-refractivity contribution in [2.24, 2.45) is 16.8 Å². The van der Waals surface area contributed by atoms with E-state index in [4.69, 9.17) is 0 Å². The lowest BCUT2D eigenvalue weighted by Gasteiger charge is -1.99. The van der Waals surface area contributed by atoms with Gasteiger partial charge in [0.15, 0.2) is 0 Å². The van der Waals surface area contributed by atoms with Crippen molar-refractivity contribution >= 4 is 6.21 Å². The molecule has 0 fully saturated rings. The third-order valence-electron chi connectivity index (χ3n) is 1.48. The van der Waals surface area contributed by atoms with Crippen LogP contribution in [0.15, 0.2) is 16.8 Å². The van der Waals surface area contributed by atoms with Crippen LogP contribution in [0.4, 0.5) is 0 Å². The van der Waals surface area contributed by atoms with Gasteiger partial charge < -0.3 is 0 Å². The van der Waals surface area contributed by atoms with Crippen molar-refractivity contribution in [3.8, 4) is 0 Å². The fourth-order valence-corrected chi connectivity index (χ4v) is 0.901. The molecule has 1 heterocycles. The number of allylic oxidation sites excluding steroid dienone is 2. The van der Waals surface area contributed by atoms with Gasteiger partial charge >= 0.3 is 0 Å². The number of hydrogen-bond acceptors (Lipinski definition) is 1. The second-order valence-electron chi connectivity index (χ2n) is 2.88. The molecule has 0 amide bonds. The van der Waals surface area contributed by atoms with E-state index in [9.17, 15) is 0 Å². The molecule has 1 rings (SSSR count). The van der Waals surface area contributed by atoms with Gasteiger partial charge in [0.1, 0.15) is 0 Å². The van der Waals surface area contributed by atoms with Crippen LogP contribution in [0.1, 0.15) is 20.8 Å². The Hall–Kier alpha value is -0.590. The zero-order valence-electron chi connectivity index (χ0n) is 6.26. The van der Waals surface area contributed by atoms with E-state index in [1.807, 2.05) is 6.21 Å². The molecular formula is C8H13N. The molecule has 0 saturated heterocycles. The van der Waals surface area contributed by atoms with E-state index in [2.05, 4.69) is 31.8 Å². The van der Waals surface area contributed by atoms with Gasteiger partial charge in [-0.3, -0.25) is 4.99 Å². The standard InChI is InChI=1S/C8H13N/c1-6(2)8-4-7(3)5-9-8/h4-7H,1-3H3. The lowest BCUT2D eigenvalue weighted by Crippen LogP contribution is -1.87. The maximum atomic E-state index is 4.25. The summed E-state index contributed by atoms with van der Waals surface area (Å²) < 4.78 is 0. The highest BCUT2D eigenvalue weighted by molar-refractivity contribution is 5.67. The monoisotopic (exact) mass is 123 g/mol. The van der Waals surface area contributed by atoms with Gasteiger partial charge in [0.25, 0.3) is 0 Å². The Morgan fingerprint density at radius 2 is 2.22 bits per heavy atom. The van der Waals surface area contributed by atoms with Crippen molar-refractivity contribution in [1.29, 1.82) is 0 Å². The van der Waals surface area contributed by atoms with Gasteiger partial charge in [0.05, 0.1) is 0 Å². The highest BCUT2D eigenvalue weighted by atomic mass is 14.8. The summed E-state index contributed by atoms with van der Waals surface area (Å²) in [4.78, 5) is 4.25. The fourth-order valence-electron chi connectivity index (χ4n) is 0.901. The number of aliphatic imine (C=N–C) groups is 1. The van der Waals surface area contributed by atoms with Gasteiger partial charge in [-0.05, 0) is 5.92 Å². The first kappa shape index (κ1) is 6.53. The van der Waals surface area contributed by atoms with Crippen molar-refractivity contribution < 1.29 is 0 Å². The molecule has 1 aliphatic rings. The average Bonchev–Trinajstić information content (AvgIpc) is 2.14. The van der Waals surface area contributed by atoms with E-state index in [1.165, 1.54) is 5.70 Å². The van der Waals surface area contributed by atoms with Gasteiger partial charge in [-0.15, -0.1) is 0 Å². The predicted octanol–water partition coefficient (Wildman–Crippen LogP) is 2.25. The normalized spacial score (nSPS) is 25.3. The summed E-state index contributed by atoms with van der Waals surface area (Å²) in [6.07, 6.45) is 4.21. The predicted molar refractivity (Wildman–Crippen MR) is 40.6 cm³/mol. The first-order chi connectivity index (χ1) is 4.20. The molecule has 0 aromatic carbocycles. The van der Waals surface area contributed by atoms with Crippen molar-refractivity contribution in [2.45, 2.75) is 20.8 Å². The Kier molecular flexibility index (Phi) is 1.70. The first-order valence-corrected chi connectivity index (χ1v) is 3.46. The summed E-state index contributed by atoms with van der Waals surface area (Å²) in [5, 5.41) is 0. The Bertz CT molecular complexity index is 154. The maximum absolute atomic E-state index is 4.25. The molecule has 0 aromatic heterocycles. The van der Waals surface area contributed by atoms with Crippen LogP contribution in [0.2, 0.25) is 0 Å². The molecule has 0 spiro atoms. The summed E-state index contributed by atoms with van der Waals surface area (Å²) in [5.41, 5.74) is 1.24. The minimum Gasteiger partial charge on any atom is -0.265 e. The van der Waals surface area contributed by atoms with E-state index in [1.54, 1.807) is 0 Å². The average molecular weight is 123 g/mol. The molecule has 0 aromatic rings. The van der Waals surface area contributed by atoms with Crippen LogP contribution in [0.5, 0.6) is 0 Å². The second kappa shape index (κ2) is 2.34. The zero-order valence-corrected chi connectivity index (χ0v) is 6.26. The Labute approximate surface area is 56.5 Å². The van der Waals surface area contributed by atoms with E-state index in [-0.39, 0.29) is 0 Å². The summed E-state index contributed by atoms with van der Waals surface area (Å²) >= 11 is 0. The molecule has 1 nitrogen and oxygen atoms in total. The molecule has 0 aliphatic carbocycles. The van der Waals surface area contributed by atoms with Crippen LogP contribution < -0.4 is 0 Å². The van der Waals surface area contributed by atoms with Gasteiger partial charge in [-0.1, -0.05) is 26.8 Å². The molecule has 1 atom stereocenters. The maximum Gasteiger partial charge on any atom is 0.0391 e. The molecule has 9 heavy (non-hydrogen) atoms. The van der Waals surface area contributed by atoms with Gasteiger partial charge in [0, 0.05) is 17.8 Å². The molecule has 0 saturated carbocycles. The Morgan fingerprint density at radius 1 is 1.56 bits per heavy atom. The molecule has 50 valence electrons. The Balaban J connectivity index is 2.64. The number of hydrogen-bond donors (Lipinski definition) is 0. The van der Waals surface area contributed by atoms with Crippen LogP contribution in [0, 0.1) is 11.8 Å². The molecule has 1 heteroatoms. The molecule has 0 N–H and O–H groups in total. The van der Waals surface area contributed by atoms with Gasteiger partial charge in [0.2, 0.25) is 0 Å². The third kappa shape index (κ3) is 1.41. The van der Waals surface area contributed by atoms with E-state index in [0.717, 1.165) is 0 Å². The van der Waals surface area contributed by atoms with E-state index in [0.29, 0.717) is 11.8 Å². The third-order valence-corrected chi connectivity index (χ3v) is 1.48. The van der Waals surface area contributed by atoms with Gasteiger partial charge in [-0.2, -0.15) is 0 Å². The SMILES string of the molecule is CC1C=NC(C(C)C)=C1. The number of rotatable bonds is 1. The summed E-state index contributed by atoms with van der Waals surface area (Å²) in [5.74, 6) is 1.15. The van der Waals surface area contributed by atoms with Crippen molar-refractivity contribution in [3.05, 3.63) is 11.8 Å².